The standard InChI is InChI=1S/C24H27NO8/c1-21(7-6-16(28)25-17-13(26)4-3-12(18(17)29)20(30)31)15(27)5-8-23-10-22(2)24(32,11-23)9-14(33-22)19(21)23/h3-5,8,14,19,26,29,32H,6-7,9-11H2,1-2H3,(H,25,28)(H,30,31)/t14-,19-,21+,22-,23+,24?/m0/s1. The number of hydrogen-bond acceptors (Lipinski definition) is 7. The third kappa shape index (κ3) is 2.81. The number of ether oxygens (including phenoxy) is 1. The Morgan fingerprint density at radius 1 is 1.21 bits per heavy atom. The highest BCUT2D eigenvalue weighted by atomic mass is 16.5. The monoisotopic (exact) mass is 457 g/mol. The van der Waals surface area contributed by atoms with Crippen molar-refractivity contribution in [2.45, 2.75) is 63.3 Å². The minimum absolute atomic E-state index is 0.0902. The zero-order valence-electron chi connectivity index (χ0n) is 18.4. The van der Waals surface area contributed by atoms with E-state index in [1.807, 2.05) is 19.9 Å². The molecule has 4 fully saturated rings. The molecule has 1 unspecified atom stereocenters. The molecular weight excluding hydrogens is 430 g/mol. The summed E-state index contributed by atoms with van der Waals surface area (Å²) < 4.78 is 6.26. The van der Waals surface area contributed by atoms with Crippen molar-refractivity contribution < 1.29 is 39.5 Å². The van der Waals surface area contributed by atoms with Gasteiger partial charge in [-0.2, -0.15) is 0 Å². The van der Waals surface area contributed by atoms with Crippen LogP contribution in [0, 0.1) is 16.7 Å². The van der Waals surface area contributed by atoms with E-state index in [4.69, 9.17) is 9.84 Å². The second-order valence-corrected chi connectivity index (χ2v) is 10.5. The highest BCUT2D eigenvalue weighted by Gasteiger charge is 2.77. The van der Waals surface area contributed by atoms with E-state index in [1.54, 1.807) is 6.08 Å². The Labute approximate surface area is 190 Å². The summed E-state index contributed by atoms with van der Waals surface area (Å²) in [5.41, 5.74) is -3.64. The fourth-order valence-corrected chi connectivity index (χ4v) is 7.09. The number of hydrogen-bond donors (Lipinski definition) is 5. The zero-order chi connectivity index (χ0) is 24.0. The number of carbonyl (C=O) groups is 3. The zero-order valence-corrected chi connectivity index (χ0v) is 18.4. The highest BCUT2D eigenvalue weighted by molar-refractivity contribution is 6.00. The lowest BCUT2D eigenvalue weighted by molar-refractivity contribution is -0.171. The number of aromatic hydroxyl groups is 2. The molecule has 33 heavy (non-hydrogen) atoms. The lowest BCUT2D eigenvalue weighted by atomic mass is 9.50. The first-order valence-corrected chi connectivity index (χ1v) is 11.1. The normalized spacial score (nSPS) is 40.2. The first-order chi connectivity index (χ1) is 15.3. The van der Waals surface area contributed by atoms with Crippen molar-refractivity contribution >= 4 is 23.3 Å². The van der Waals surface area contributed by atoms with Crippen LogP contribution in [0.3, 0.4) is 0 Å². The molecule has 5 aliphatic rings. The molecule has 4 bridgehead atoms. The molecule has 9 nitrogen and oxygen atoms in total. The Hall–Kier alpha value is -2.91. The van der Waals surface area contributed by atoms with E-state index in [0.29, 0.717) is 19.3 Å². The lowest BCUT2D eigenvalue weighted by Crippen LogP contribution is -2.56. The lowest BCUT2D eigenvalue weighted by Gasteiger charge is -2.55. The highest BCUT2D eigenvalue weighted by Crippen LogP contribution is 2.72. The van der Waals surface area contributed by atoms with Crippen LogP contribution in [-0.2, 0) is 14.3 Å². The van der Waals surface area contributed by atoms with Crippen molar-refractivity contribution in [3.8, 4) is 11.5 Å². The van der Waals surface area contributed by atoms with Crippen molar-refractivity contribution in [1.29, 1.82) is 0 Å². The molecule has 3 aliphatic carbocycles. The van der Waals surface area contributed by atoms with E-state index in [0.717, 1.165) is 12.1 Å². The maximum Gasteiger partial charge on any atom is 0.339 e. The summed E-state index contributed by atoms with van der Waals surface area (Å²) in [7, 11) is 0. The number of anilines is 1. The van der Waals surface area contributed by atoms with E-state index < -0.39 is 45.6 Å². The van der Waals surface area contributed by atoms with Gasteiger partial charge < -0.3 is 30.5 Å². The van der Waals surface area contributed by atoms with Gasteiger partial charge in [0, 0.05) is 29.6 Å². The second-order valence-electron chi connectivity index (χ2n) is 10.5. The number of allylic oxidation sites excluding steroid dienone is 2. The fraction of sp³-hybridized carbons (Fsp3) is 0.542. The van der Waals surface area contributed by atoms with Crippen molar-refractivity contribution in [2.75, 3.05) is 5.32 Å². The van der Waals surface area contributed by atoms with Gasteiger partial charge in [-0.25, -0.2) is 4.79 Å². The first kappa shape index (κ1) is 21.9. The van der Waals surface area contributed by atoms with Gasteiger partial charge in [-0.1, -0.05) is 13.0 Å². The van der Waals surface area contributed by atoms with E-state index >= 15 is 0 Å². The summed E-state index contributed by atoms with van der Waals surface area (Å²) >= 11 is 0. The quantitative estimate of drug-likeness (QED) is 0.422. The number of carboxylic acids is 1. The number of nitrogens with one attached hydrogen (secondary N) is 1. The number of carboxylic acid groups (broad SMARTS) is 1. The number of benzene rings is 1. The maximum absolute atomic E-state index is 13.1. The Morgan fingerprint density at radius 3 is 2.61 bits per heavy atom. The molecule has 2 saturated heterocycles. The van der Waals surface area contributed by atoms with Crippen LogP contribution in [0.2, 0.25) is 0 Å². The number of ketones is 1. The summed E-state index contributed by atoms with van der Waals surface area (Å²) in [5.74, 6) is -3.45. The molecular formula is C24H27NO8. The molecule has 176 valence electrons. The summed E-state index contributed by atoms with van der Waals surface area (Å²) in [4.78, 5) is 37.0. The summed E-state index contributed by atoms with van der Waals surface area (Å²) in [5, 5.41) is 42.8. The molecule has 1 amide bonds. The Kier molecular flexibility index (Phi) is 4.36. The number of aliphatic hydroxyl groups is 1. The van der Waals surface area contributed by atoms with Gasteiger partial charge in [0.05, 0.1) is 17.3 Å². The third-order valence-corrected chi connectivity index (χ3v) is 8.55. The predicted octanol–water partition coefficient (Wildman–Crippen LogP) is 2.35. The van der Waals surface area contributed by atoms with Crippen molar-refractivity contribution in [3.63, 3.8) is 0 Å². The number of aromatic carboxylic acids is 1. The van der Waals surface area contributed by atoms with E-state index in [9.17, 15) is 29.7 Å². The molecule has 9 heteroatoms. The van der Waals surface area contributed by atoms with E-state index in [2.05, 4.69) is 5.32 Å². The molecule has 1 aromatic carbocycles. The third-order valence-electron chi connectivity index (χ3n) is 8.55. The van der Waals surface area contributed by atoms with Crippen molar-refractivity contribution in [2.24, 2.45) is 16.7 Å². The summed E-state index contributed by atoms with van der Waals surface area (Å²) in [6.07, 6.45) is 4.92. The van der Waals surface area contributed by atoms with Crippen LogP contribution in [0.25, 0.3) is 0 Å². The molecule has 0 radical (unpaired) electrons. The molecule has 6 atom stereocenters. The average molecular weight is 457 g/mol. The second kappa shape index (κ2) is 6.57. The topological polar surface area (TPSA) is 153 Å². The van der Waals surface area contributed by atoms with Gasteiger partial charge in [-0.15, -0.1) is 0 Å². The van der Waals surface area contributed by atoms with Crippen LogP contribution >= 0.6 is 0 Å². The SMILES string of the molecule is C[C@@]1(CCC(=O)Nc2c(O)ccc(C(=O)O)c2O)C(=O)C=C[C@]23CC4(O)C[C@H](O[C@@]4(C)C2)[C@H]31. The van der Waals surface area contributed by atoms with Crippen LogP contribution in [-0.4, -0.2) is 55.4 Å². The van der Waals surface area contributed by atoms with E-state index in [1.165, 1.54) is 0 Å². The minimum atomic E-state index is -1.40. The number of amides is 1. The fourth-order valence-electron chi connectivity index (χ4n) is 7.09. The Bertz CT molecular complexity index is 1110. The average Bonchev–Trinajstić information content (AvgIpc) is 3.01. The molecule has 1 aromatic rings. The summed E-state index contributed by atoms with van der Waals surface area (Å²) in [6.45, 7) is 3.76. The smallest absolute Gasteiger partial charge is 0.339 e. The van der Waals surface area contributed by atoms with Crippen molar-refractivity contribution in [1.82, 2.24) is 0 Å². The maximum atomic E-state index is 13.1. The summed E-state index contributed by atoms with van der Waals surface area (Å²) in [6, 6.07) is 2.11. The van der Waals surface area contributed by atoms with Crippen LogP contribution in [0.5, 0.6) is 11.5 Å². The Morgan fingerprint density at radius 2 is 1.94 bits per heavy atom. The largest absolute Gasteiger partial charge is 0.506 e. The molecule has 2 heterocycles. The van der Waals surface area contributed by atoms with Crippen LogP contribution < -0.4 is 5.32 Å². The molecule has 2 saturated carbocycles. The molecule has 5 N–H and O–H groups in total. The van der Waals surface area contributed by atoms with Crippen molar-refractivity contribution in [3.05, 3.63) is 29.8 Å². The van der Waals surface area contributed by atoms with Crippen LogP contribution in [0.1, 0.15) is 56.3 Å². The van der Waals surface area contributed by atoms with Gasteiger partial charge in [0.15, 0.2) is 11.5 Å². The van der Waals surface area contributed by atoms with Gasteiger partial charge in [0.25, 0.3) is 0 Å². The van der Waals surface area contributed by atoms with Gasteiger partial charge in [-0.3, -0.25) is 9.59 Å². The molecule has 2 aliphatic heterocycles. The van der Waals surface area contributed by atoms with Gasteiger partial charge in [0.2, 0.25) is 5.91 Å². The van der Waals surface area contributed by atoms with E-state index in [-0.39, 0.29) is 41.7 Å². The van der Waals surface area contributed by atoms with Crippen LogP contribution in [0.15, 0.2) is 24.3 Å². The predicted molar refractivity (Wildman–Crippen MR) is 115 cm³/mol. The molecule has 1 spiro atoms. The number of phenols is 2. The molecule has 6 rings (SSSR count). The molecule has 0 aromatic heterocycles. The number of rotatable bonds is 5. The first-order valence-electron chi connectivity index (χ1n) is 11.1. The minimum Gasteiger partial charge on any atom is -0.506 e. The van der Waals surface area contributed by atoms with Gasteiger partial charge in [-0.05, 0) is 44.4 Å². The van der Waals surface area contributed by atoms with Gasteiger partial charge in [0.1, 0.15) is 17.0 Å². The number of carbonyl (C=O) groups excluding carboxylic acids is 2. The van der Waals surface area contributed by atoms with Gasteiger partial charge >= 0.3 is 5.97 Å². The number of phenolic OH excluding ortho intramolecular Hbond substituents is 1. The Balaban J connectivity index is 1.37. The van der Waals surface area contributed by atoms with Crippen LogP contribution in [0.4, 0.5) is 5.69 Å².